The fourth-order valence-electron chi connectivity index (χ4n) is 6.30. The minimum atomic E-state index is -2.93. The minimum Gasteiger partial charge on any atom is -0.508 e. The second-order valence-electron chi connectivity index (χ2n) is 10.1. The number of carboxylic acids is 1. The molecule has 1 aromatic rings. The van der Waals surface area contributed by atoms with E-state index in [2.05, 4.69) is 0 Å². The average Bonchev–Trinajstić information content (AvgIpc) is 2.84. The summed E-state index contributed by atoms with van der Waals surface area (Å²) < 4.78 is 5.78. The van der Waals surface area contributed by atoms with Crippen LogP contribution in [0.5, 0.6) is 5.75 Å². The molecule has 39 heavy (non-hydrogen) atoms. The first kappa shape index (κ1) is 28.0. The van der Waals surface area contributed by atoms with Gasteiger partial charge in [0.25, 0.3) is 5.91 Å². The van der Waals surface area contributed by atoms with E-state index in [9.17, 15) is 49.5 Å². The molecule has 3 aliphatic carbocycles. The molecular weight excluding hydrogens is 514 g/mol. The Morgan fingerprint density at radius 3 is 2.46 bits per heavy atom. The van der Waals surface area contributed by atoms with Gasteiger partial charge in [0.2, 0.25) is 5.78 Å². The molecule has 1 saturated carbocycles. The number of carbonyl (C=O) groups excluding carboxylic acids is 4. The first-order valence-electron chi connectivity index (χ1n) is 12.5. The minimum absolute atomic E-state index is 0.0455. The van der Waals surface area contributed by atoms with Gasteiger partial charge in [0.1, 0.15) is 35.0 Å². The molecule has 0 spiro atoms. The van der Waals surface area contributed by atoms with Gasteiger partial charge in [-0.2, -0.15) is 0 Å². The molecule has 0 saturated heterocycles. The molecule has 208 valence electrons. The van der Waals surface area contributed by atoms with E-state index < -0.39 is 100 Å². The molecule has 0 radical (unpaired) electrons. The number of carboxylic acid groups (broad SMARTS) is 1. The molecule has 1 amide bonds. The lowest BCUT2D eigenvalue weighted by Gasteiger charge is -2.52. The number of aliphatic hydroxyl groups is 3. The highest BCUT2D eigenvalue weighted by molar-refractivity contribution is 6.23. The number of fused-ring (bicyclic) bond motifs is 3. The normalized spacial score (nSPS) is 28.1. The van der Waals surface area contributed by atoms with Gasteiger partial charge in [-0.05, 0) is 24.0 Å². The number of aliphatic hydroxyl groups excluding tert-OH is 2. The number of phenols is 1. The number of amides is 1. The number of hydrogen-bond acceptors (Lipinski definition) is 10. The number of rotatable bonds is 9. The van der Waals surface area contributed by atoms with E-state index in [0.29, 0.717) is 18.6 Å². The van der Waals surface area contributed by atoms with Crippen molar-refractivity contribution in [3.05, 3.63) is 46.2 Å². The highest BCUT2D eigenvalue weighted by Crippen LogP contribution is 2.59. The molecule has 12 heteroatoms. The molecular formula is C27H29NO11. The maximum Gasteiger partial charge on any atom is 0.310 e. The topological polar surface area (TPSA) is 222 Å². The van der Waals surface area contributed by atoms with Gasteiger partial charge in [-0.3, -0.25) is 24.0 Å². The standard InChI is InChI=1S/C27H29NO11/c1-2-6-39-10-14-12-4-3-5-16(30)20(12)23(34)22-19(14)13(7-11(29)8-18(32)33)15-9-17(31)21(26(28)37)24(35)27(15,38)25(22)36/h3-5,13-15,19,30,34-35,38H,2,6-10H2,1H3,(H2,28,37)(H,32,33)/t13-,14+,15-,19-,27-/m1/s1. The number of hydrogen-bond donors (Lipinski definition) is 6. The molecule has 5 atom stereocenters. The van der Waals surface area contributed by atoms with Crippen LogP contribution in [0, 0.1) is 17.8 Å². The van der Waals surface area contributed by atoms with Crippen molar-refractivity contribution in [1.82, 2.24) is 0 Å². The zero-order valence-corrected chi connectivity index (χ0v) is 21.0. The van der Waals surface area contributed by atoms with Crippen LogP contribution in [-0.2, 0) is 28.7 Å². The predicted molar refractivity (Wildman–Crippen MR) is 132 cm³/mol. The molecule has 7 N–H and O–H groups in total. The molecule has 1 aromatic carbocycles. The molecule has 0 heterocycles. The van der Waals surface area contributed by atoms with Crippen molar-refractivity contribution < 1.29 is 54.2 Å². The van der Waals surface area contributed by atoms with Crippen LogP contribution in [0.2, 0.25) is 0 Å². The number of carbonyl (C=O) groups is 5. The Morgan fingerprint density at radius 2 is 1.85 bits per heavy atom. The van der Waals surface area contributed by atoms with E-state index in [4.69, 9.17) is 10.5 Å². The van der Waals surface area contributed by atoms with Crippen molar-refractivity contribution in [3.63, 3.8) is 0 Å². The van der Waals surface area contributed by atoms with E-state index in [-0.39, 0.29) is 17.9 Å². The first-order chi connectivity index (χ1) is 18.4. The number of nitrogens with two attached hydrogens (primary N) is 1. The summed E-state index contributed by atoms with van der Waals surface area (Å²) in [6.07, 6.45) is -1.44. The number of Topliss-reactive ketones (excluding diaryl/α,β-unsaturated/α-hetero) is 3. The van der Waals surface area contributed by atoms with Crippen LogP contribution in [0.1, 0.15) is 49.7 Å². The van der Waals surface area contributed by atoms with Crippen LogP contribution < -0.4 is 5.73 Å². The quantitative estimate of drug-likeness (QED) is 0.147. The third-order valence-electron chi connectivity index (χ3n) is 7.82. The molecule has 12 nitrogen and oxygen atoms in total. The third-order valence-corrected chi connectivity index (χ3v) is 7.82. The lowest BCUT2D eigenvalue weighted by atomic mass is 9.51. The number of ether oxygens (including phenoxy) is 1. The number of aliphatic carboxylic acids is 1. The van der Waals surface area contributed by atoms with Crippen LogP contribution in [0.25, 0.3) is 5.76 Å². The Kier molecular flexibility index (Phi) is 7.37. The molecule has 0 aromatic heterocycles. The summed E-state index contributed by atoms with van der Waals surface area (Å²) in [6, 6.07) is 4.39. The lowest BCUT2D eigenvalue weighted by Crippen LogP contribution is -2.62. The lowest BCUT2D eigenvalue weighted by molar-refractivity contribution is -0.156. The van der Waals surface area contributed by atoms with Crippen LogP contribution in [0.3, 0.4) is 0 Å². The molecule has 4 rings (SSSR count). The monoisotopic (exact) mass is 543 g/mol. The Balaban J connectivity index is 2.01. The van der Waals surface area contributed by atoms with Gasteiger partial charge in [-0.1, -0.05) is 19.1 Å². The maximum absolute atomic E-state index is 14.0. The number of ketones is 3. The highest BCUT2D eigenvalue weighted by Gasteiger charge is 2.65. The van der Waals surface area contributed by atoms with Gasteiger partial charge in [0.05, 0.1) is 12.2 Å². The van der Waals surface area contributed by atoms with Crippen molar-refractivity contribution in [2.45, 2.75) is 44.1 Å². The molecule has 0 bridgehead atoms. The molecule has 1 fully saturated rings. The third kappa shape index (κ3) is 4.39. The van der Waals surface area contributed by atoms with Crippen molar-refractivity contribution in [3.8, 4) is 5.75 Å². The maximum atomic E-state index is 14.0. The van der Waals surface area contributed by atoms with Gasteiger partial charge in [-0.15, -0.1) is 0 Å². The first-order valence-corrected chi connectivity index (χ1v) is 12.5. The summed E-state index contributed by atoms with van der Waals surface area (Å²) in [4.78, 5) is 62.9. The Morgan fingerprint density at radius 1 is 1.15 bits per heavy atom. The number of aromatic hydroxyl groups is 1. The molecule has 0 aliphatic heterocycles. The Hall–Kier alpha value is -4.03. The van der Waals surface area contributed by atoms with Gasteiger partial charge in [0.15, 0.2) is 11.4 Å². The summed E-state index contributed by atoms with van der Waals surface area (Å²) in [5.74, 6) is -12.6. The van der Waals surface area contributed by atoms with E-state index in [1.165, 1.54) is 12.1 Å². The van der Waals surface area contributed by atoms with Gasteiger partial charge in [-0.25, -0.2) is 0 Å². The summed E-state index contributed by atoms with van der Waals surface area (Å²) >= 11 is 0. The van der Waals surface area contributed by atoms with Crippen LogP contribution >= 0.6 is 0 Å². The average molecular weight is 544 g/mol. The van der Waals surface area contributed by atoms with Crippen molar-refractivity contribution >= 4 is 35.0 Å². The number of benzene rings is 1. The zero-order chi connectivity index (χ0) is 28.8. The van der Waals surface area contributed by atoms with Crippen molar-refractivity contribution in [1.29, 1.82) is 0 Å². The second kappa shape index (κ2) is 10.3. The van der Waals surface area contributed by atoms with E-state index >= 15 is 0 Å². The number of primary amides is 1. The van der Waals surface area contributed by atoms with E-state index in [0.717, 1.165) is 0 Å². The van der Waals surface area contributed by atoms with E-state index in [1.54, 1.807) is 6.07 Å². The Bertz CT molecular complexity index is 1340. The van der Waals surface area contributed by atoms with Gasteiger partial charge in [0, 0.05) is 42.8 Å². The summed E-state index contributed by atoms with van der Waals surface area (Å²) in [5, 5.41) is 53.8. The van der Waals surface area contributed by atoms with E-state index in [1.807, 2.05) is 6.92 Å². The SMILES string of the molecule is CCCOC[C@H]1c2cccc(O)c2C(O)=C2C(=O)[C@]3(O)C(O)=C(C(N)=O)C(=O)C[C@@H]3[C@@H](CC(=O)CC(=O)O)[C@@H]21. The fourth-order valence-corrected chi connectivity index (χ4v) is 6.30. The number of phenolic OH excluding ortho intramolecular Hbond substituents is 1. The smallest absolute Gasteiger partial charge is 0.310 e. The van der Waals surface area contributed by atoms with Crippen LogP contribution in [0.4, 0.5) is 0 Å². The fraction of sp³-hybridized carbons (Fsp3) is 0.444. The van der Waals surface area contributed by atoms with Crippen molar-refractivity contribution in [2.24, 2.45) is 23.5 Å². The second-order valence-corrected chi connectivity index (χ2v) is 10.1. The summed E-state index contributed by atoms with van der Waals surface area (Å²) in [6.45, 7) is 2.14. The van der Waals surface area contributed by atoms with Gasteiger partial charge < -0.3 is 36.0 Å². The predicted octanol–water partition coefficient (Wildman–Crippen LogP) is 1.05. The largest absolute Gasteiger partial charge is 0.508 e. The molecule has 0 unspecified atom stereocenters. The summed E-state index contributed by atoms with van der Waals surface area (Å²) in [7, 11) is 0. The Labute approximate surface area is 222 Å². The highest BCUT2D eigenvalue weighted by atomic mass is 16.5. The summed E-state index contributed by atoms with van der Waals surface area (Å²) in [5.41, 5.74) is 1.18. The van der Waals surface area contributed by atoms with Crippen LogP contribution in [-0.4, -0.2) is 73.6 Å². The van der Waals surface area contributed by atoms with Crippen LogP contribution in [0.15, 0.2) is 35.1 Å². The van der Waals surface area contributed by atoms with Crippen molar-refractivity contribution in [2.75, 3.05) is 13.2 Å². The van der Waals surface area contributed by atoms with Gasteiger partial charge >= 0.3 is 5.97 Å². The zero-order valence-electron chi connectivity index (χ0n) is 21.0. The molecule has 3 aliphatic rings.